The highest BCUT2D eigenvalue weighted by molar-refractivity contribution is 5.84. The standard InChI is InChI=1S/C9H11N3O2/c1-6-2-3-10-8(4-6)11-7-5-14-12-9(7)13/h2-4,7H,5H2,1H3,(H,10,11)(H,12,13). The van der Waals surface area contributed by atoms with Crippen LogP contribution in [-0.2, 0) is 9.63 Å². The Hall–Kier alpha value is -1.62. The summed E-state index contributed by atoms with van der Waals surface area (Å²) in [5, 5.41) is 2.98. The van der Waals surface area contributed by atoms with Gasteiger partial charge in [-0.1, -0.05) is 0 Å². The summed E-state index contributed by atoms with van der Waals surface area (Å²) in [6.45, 7) is 2.30. The van der Waals surface area contributed by atoms with E-state index in [4.69, 9.17) is 4.84 Å². The third-order valence-corrected chi connectivity index (χ3v) is 1.98. The summed E-state index contributed by atoms with van der Waals surface area (Å²) in [7, 11) is 0. The maximum atomic E-state index is 11.1. The van der Waals surface area contributed by atoms with Gasteiger partial charge in [0.05, 0.1) is 0 Å². The van der Waals surface area contributed by atoms with Gasteiger partial charge < -0.3 is 5.32 Å². The number of aromatic nitrogens is 1. The van der Waals surface area contributed by atoms with Gasteiger partial charge in [-0.3, -0.25) is 9.63 Å². The Morgan fingerprint density at radius 1 is 1.71 bits per heavy atom. The Morgan fingerprint density at radius 3 is 3.21 bits per heavy atom. The highest BCUT2D eigenvalue weighted by atomic mass is 16.7. The summed E-state index contributed by atoms with van der Waals surface area (Å²) in [4.78, 5) is 20.0. The summed E-state index contributed by atoms with van der Waals surface area (Å²) in [6.07, 6.45) is 1.70. The van der Waals surface area contributed by atoms with E-state index >= 15 is 0 Å². The number of nitrogens with zero attached hydrogens (tertiary/aromatic N) is 1. The molecule has 0 radical (unpaired) electrons. The van der Waals surface area contributed by atoms with Crippen LogP contribution >= 0.6 is 0 Å². The lowest BCUT2D eigenvalue weighted by Gasteiger charge is -2.08. The van der Waals surface area contributed by atoms with Gasteiger partial charge in [-0.05, 0) is 24.6 Å². The van der Waals surface area contributed by atoms with E-state index in [1.54, 1.807) is 6.20 Å². The molecule has 1 aromatic rings. The summed E-state index contributed by atoms with van der Waals surface area (Å²) in [5.41, 5.74) is 3.37. The van der Waals surface area contributed by atoms with Crippen LogP contribution in [-0.4, -0.2) is 23.5 Å². The van der Waals surface area contributed by atoms with Crippen molar-refractivity contribution in [3.8, 4) is 0 Å². The number of nitrogens with one attached hydrogen (secondary N) is 2. The van der Waals surface area contributed by atoms with E-state index in [-0.39, 0.29) is 11.9 Å². The van der Waals surface area contributed by atoms with E-state index < -0.39 is 0 Å². The second-order valence-electron chi connectivity index (χ2n) is 3.19. The molecule has 1 saturated heterocycles. The van der Waals surface area contributed by atoms with Gasteiger partial charge in [-0.15, -0.1) is 0 Å². The fourth-order valence-corrected chi connectivity index (χ4v) is 1.24. The number of carbonyl (C=O) groups is 1. The van der Waals surface area contributed by atoms with Crippen molar-refractivity contribution in [3.63, 3.8) is 0 Å². The lowest BCUT2D eigenvalue weighted by Crippen LogP contribution is -2.31. The summed E-state index contributed by atoms with van der Waals surface area (Å²) in [6, 6.07) is 3.44. The van der Waals surface area contributed by atoms with Crippen molar-refractivity contribution in [1.29, 1.82) is 0 Å². The summed E-state index contributed by atoms with van der Waals surface area (Å²) in [5.74, 6) is 0.531. The topological polar surface area (TPSA) is 63.3 Å². The van der Waals surface area contributed by atoms with Crippen LogP contribution in [0.5, 0.6) is 0 Å². The molecular formula is C9H11N3O2. The minimum absolute atomic E-state index is 0.159. The lowest BCUT2D eigenvalue weighted by molar-refractivity contribution is -0.124. The van der Waals surface area contributed by atoms with Gasteiger partial charge >= 0.3 is 0 Å². The van der Waals surface area contributed by atoms with Gasteiger partial charge in [0.2, 0.25) is 0 Å². The first kappa shape index (κ1) is 8.96. The molecule has 1 aliphatic rings. The van der Waals surface area contributed by atoms with Gasteiger partial charge in [-0.25, -0.2) is 10.5 Å². The second-order valence-corrected chi connectivity index (χ2v) is 3.19. The van der Waals surface area contributed by atoms with E-state index in [9.17, 15) is 4.79 Å². The zero-order chi connectivity index (χ0) is 9.97. The smallest absolute Gasteiger partial charge is 0.268 e. The Morgan fingerprint density at radius 2 is 2.57 bits per heavy atom. The molecule has 5 heteroatoms. The van der Waals surface area contributed by atoms with Crippen LogP contribution in [0.15, 0.2) is 18.3 Å². The van der Waals surface area contributed by atoms with E-state index in [1.807, 2.05) is 19.1 Å². The molecule has 1 atom stereocenters. The highest BCUT2D eigenvalue weighted by Gasteiger charge is 2.25. The van der Waals surface area contributed by atoms with Crippen molar-refractivity contribution in [1.82, 2.24) is 10.5 Å². The molecule has 1 unspecified atom stereocenters. The summed E-state index contributed by atoms with van der Waals surface area (Å²) >= 11 is 0. The molecule has 2 rings (SSSR count). The van der Waals surface area contributed by atoms with Gasteiger partial charge in [0.25, 0.3) is 5.91 Å². The van der Waals surface area contributed by atoms with Crippen LogP contribution in [0.25, 0.3) is 0 Å². The molecule has 1 fully saturated rings. The van der Waals surface area contributed by atoms with Crippen LogP contribution in [0.4, 0.5) is 5.82 Å². The lowest BCUT2D eigenvalue weighted by atomic mass is 10.2. The molecule has 0 aliphatic carbocycles. The van der Waals surface area contributed by atoms with Crippen LogP contribution in [0.2, 0.25) is 0 Å². The zero-order valence-corrected chi connectivity index (χ0v) is 7.78. The van der Waals surface area contributed by atoms with Crippen molar-refractivity contribution in [2.45, 2.75) is 13.0 Å². The molecule has 2 heterocycles. The van der Waals surface area contributed by atoms with Crippen LogP contribution in [0.3, 0.4) is 0 Å². The number of hydrogen-bond donors (Lipinski definition) is 2. The van der Waals surface area contributed by atoms with Crippen LogP contribution in [0.1, 0.15) is 5.56 Å². The second kappa shape index (κ2) is 3.63. The fourth-order valence-electron chi connectivity index (χ4n) is 1.24. The Bertz CT molecular complexity index is 354. The molecule has 74 valence electrons. The monoisotopic (exact) mass is 193 g/mol. The molecule has 14 heavy (non-hydrogen) atoms. The van der Waals surface area contributed by atoms with Gasteiger partial charge in [0, 0.05) is 6.20 Å². The highest BCUT2D eigenvalue weighted by Crippen LogP contribution is 2.08. The molecule has 1 amide bonds. The SMILES string of the molecule is Cc1ccnc(NC2CONC2=O)c1. The van der Waals surface area contributed by atoms with E-state index in [2.05, 4.69) is 15.8 Å². The van der Waals surface area contributed by atoms with Crippen molar-refractivity contribution in [3.05, 3.63) is 23.9 Å². The molecule has 0 spiro atoms. The first-order chi connectivity index (χ1) is 6.75. The molecule has 0 aromatic carbocycles. The van der Waals surface area contributed by atoms with E-state index in [1.165, 1.54) is 0 Å². The average molecular weight is 193 g/mol. The third kappa shape index (κ3) is 1.82. The van der Waals surface area contributed by atoms with Crippen molar-refractivity contribution in [2.75, 3.05) is 11.9 Å². The number of anilines is 1. The quantitative estimate of drug-likeness (QED) is 0.705. The number of hydroxylamine groups is 1. The fraction of sp³-hybridized carbons (Fsp3) is 0.333. The van der Waals surface area contributed by atoms with Gasteiger partial charge in [0.15, 0.2) is 0 Å². The number of amides is 1. The Kier molecular flexibility index (Phi) is 2.32. The number of pyridine rings is 1. The largest absolute Gasteiger partial charge is 0.356 e. The minimum Gasteiger partial charge on any atom is -0.356 e. The van der Waals surface area contributed by atoms with Crippen molar-refractivity contribution >= 4 is 11.7 Å². The van der Waals surface area contributed by atoms with Crippen LogP contribution in [0, 0.1) is 6.92 Å². The zero-order valence-electron chi connectivity index (χ0n) is 7.78. The minimum atomic E-state index is -0.343. The Labute approximate surface area is 81.4 Å². The molecule has 5 nitrogen and oxygen atoms in total. The first-order valence-corrected chi connectivity index (χ1v) is 4.36. The van der Waals surface area contributed by atoms with Gasteiger partial charge in [-0.2, -0.15) is 0 Å². The van der Waals surface area contributed by atoms with Gasteiger partial charge in [0.1, 0.15) is 18.5 Å². The predicted octanol–water partition coefficient (Wildman–Crippen LogP) is 0.232. The molecule has 1 aromatic heterocycles. The molecule has 0 saturated carbocycles. The first-order valence-electron chi connectivity index (χ1n) is 4.36. The van der Waals surface area contributed by atoms with Crippen molar-refractivity contribution in [2.24, 2.45) is 0 Å². The Balaban J connectivity index is 2.07. The molecule has 1 aliphatic heterocycles. The number of carbonyl (C=O) groups excluding carboxylic acids is 1. The maximum Gasteiger partial charge on any atom is 0.268 e. The third-order valence-electron chi connectivity index (χ3n) is 1.98. The number of aryl methyl sites for hydroxylation is 1. The van der Waals surface area contributed by atoms with Crippen LogP contribution < -0.4 is 10.8 Å². The predicted molar refractivity (Wildman–Crippen MR) is 50.5 cm³/mol. The van der Waals surface area contributed by atoms with Crippen molar-refractivity contribution < 1.29 is 9.63 Å². The average Bonchev–Trinajstić information content (AvgIpc) is 2.52. The normalized spacial score (nSPS) is 20.6. The van der Waals surface area contributed by atoms with E-state index in [0.717, 1.165) is 5.56 Å². The summed E-state index contributed by atoms with van der Waals surface area (Å²) < 4.78 is 0. The molecular weight excluding hydrogens is 182 g/mol. The number of rotatable bonds is 2. The molecule has 2 N–H and O–H groups in total. The number of hydrogen-bond acceptors (Lipinski definition) is 4. The van der Waals surface area contributed by atoms with E-state index in [0.29, 0.717) is 12.4 Å². The maximum absolute atomic E-state index is 11.1. The molecule has 0 bridgehead atoms.